The second-order valence-corrected chi connectivity index (χ2v) is 10.0. The molecule has 1 aromatic rings. The number of methoxy groups -OCH3 is 2. The third kappa shape index (κ3) is 9.89. The maximum absolute atomic E-state index is 12.7. The lowest BCUT2D eigenvalue weighted by atomic mass is 9.87. The maximum atomic E-state index is 12.7. The van der Waals surface area contributed by atoms with Gasteiger partial charge >= 0.3 is 19.7 Å². The summed E-state index contributed by atoms with van der Waals surface area (Å²) in [7, 11) is -1.44. The van der Waals surface area contributed by atoms with Crippen molar-refractivity contribution in [2.24, 2.45) is 5.41 Å². The minimum Gasteiger partial charge on any atom is -0.469 e. The van der Waals surface area contributed by atoms with E-state index in [-0.39, 0.29) is 22.4 Å². The van der Waals surface area contributed by atoms with E-state index in [2.05, 4.69) is 37.9 Å². The Kier molecular flexibility index (Phi) is 12.4. The second-order valence-electron chi connectivity index (χ2n) is 8.31. The fourth-order valence-corrected chi connectivity index (χ4v) is 4.80. The molecule has 2 N–H and O–H groups in total. The first-order valence-electron chi connectivity index (χ1n) is 11.0. The van der Waals surface area contributed by atoms with Gasteiger partial charge in [-0.1, -0.05) is 33.3 Å². The molecule has 1 fully saturated rings. The van der Waals surface area contributed by atoms with Crippen LogP contribution in [0.3, 0.4) is 0 Å². The number of nitrogens with one attached hydrogen (secondary N) is 2. The quantitative estimate of drug-likeness (QED) is 0.380. The van der Waals surface area contributed by atoms with Crippen LogP contribution in [0.25, 0.3) is 0 Å². The molecule has 1 aliphatic rings. The van der Waals surface area contributed by atoms with E-state index in [0.29, 0.717) is 0 Å². The number of carbonyl (C=O) groups is 3. The van der Waals surface area contributed by atoms with Gasteiger partial charge in [0, 0.05) is 26.7 Å². The van der Waals surface area contributed by atoms with Crippen molar-refractivity contribution in [3.05, 3.63) is 30.1 Å². The van der Waals surface area contributed by atoms with E-state index in [0.717, 1.165) is 6.42 Å². The Morgan fingerprint density at radius 1 is 1.29 bits per heavy atom. The molecule has 1 aromatic heterocycles. The standard InChI is InChI=1S/C14H25N2O8P.C8H11N.2H2/c1-9(13(19)22-5)16-25(20)23-8-14(2,3)11(24-25)12(18)15-7-6-10(17)21-4;1-2-5-8-6-3-4-7-9-8;;/h9,11H,6-8H2,1-5H3,(H,15,18)(H,16,20);3-4,6-7H,2,5H2,1H3;2*1H/t9-,11-,25?;;;/m0.../s1. The van der Waals surface area contributed by atoms with Crippen molar-refractivity contribution in [2.45, 2.75) is 59.1 Å². The molecule has 1 saturated heterocycles. The molecule has 0 aromatic carbocycles. The Balaban J connectivity index is 0. The number of ether oxygens (including phenoxy) is 2. The van der Waals surface area contributed by atoms with Crippen LogP contribution < -0.4 is 10.4 Å². The molecular weight excluding hydrogens is 465 g/mol. The third-order valence-corrected chi connectivity index (χ3v) is 6.45. The molecule has 0 bridgehead atoms. The monoisotopic (exact) mass is 505 g/mol. The minimum atomic E-state index is -3.89. The van der Waals surface area contributed by atoms with Crippen molar-refractivity contribution in [3.63, 3.8) is 0 Å². The van der Waals surface area contributed by atoms with Crippen LogP contribution >= 0.6 is 7.75 Å². The Morgan fingerprint density at radius 3 is 2.56 bits per heavy atom. The van der Waals surface area contributed by atoms with E-state index < -0.39 is 43.2 Å². The molecule has 12 heteroatoms. The van der Waals surface area contributed by atoms with Gasteiger partial charge in [0.05, 0.1) is 27.2 Å². The lowest BCUT2D eigenvalue weighted by Crippen LogP contribution is -2.51. The molecule has 34 heavy (non-hydrogen) atoms. The van der Waals surface area contributed by atoms with Crippen molar-refractivity contribution in [1.82, 2.24) is 15.4 Å². The van der Waals surface area contributed by atoms with E-state index >= 15 is 0 Å². The van der Waals surface area contributed by atoms with Crippen molar-refractivity contribution in [3.8, 4) is 0 Å². The van der Waals surface area contributed by atoms with Gasteiger partial charge in [0.25, 0.3) is 0 Å². The van der Waals surface area contributed by atoms with E-state index in [1.165, 1.54) is 33.3 Å². The van der Waals surface area contributed by atoms with Gasteiger partial charge in [-0.15, -0.1) is 0 Å². The number of hydrogen-bond donors (Lipinski definition) is 2. The average Bonchev–Trinajstić information content (AvgIpc) is 2.81. The summed E-state index contributed by atoms with van der Waals surface area (Å²) in [5.74, 6) is -1.65. The van der Waals surface area contributed by atoms with Gasteiger partial charge in [0.1, 0.15) is 6.04 Å². The molecule has 0 aliphatic carbocycles. The van der Waals surface area contributed by atoms with Gasteiger partial charge in [-0.2, -0.15) is 0 Å². The number of aromatic nitrogens is 1. The first-order chi connectivity index (χ1) is 16.0. The number of nitrogens with zero attached hydrogens (tertiary/aromatic N) is 1. The Bertz CT molecular complexity index is 861. The molecular formula is C22H40N3O8P. The van der Waals surface area contributed by atoms with Crippen LogP contribution in [0.1, 0.15) is 49.1 Å². The van der Waals surface area contributed by atoms with E-state index in [9.17, 15) is 18.9 Å². The summed E-state index contributed by atoms with van der Waals surface area (Å²) in [5, 5.41) is 4.97. The summed E-state index contributed by atoms with van der Waals surface area (Å²) in [6.45, 7) is 7.05. The number of carbonyl (C=O) groups excluding carboxylic acids is 3. The Morgan fingerprint density at radius 2 is 2.00 bits per heavy atom. The number of aryl methyl sites for hydroxylation is 1. The van der Waals surface area contributed by atoms with Crippen LogP contribution in [-0.2, 0) is 43.9 Å². The zero-order valence-corrected chi connectivity index (χ0v) is 21.6. The van der Waals surface area contributed by atoms with Crippen LogP contribution in [0.15, 0.2) is 24.4 Å². The van der Waals surface area contributed by atoms with Crippen molar-refractivity contribution < 1.29 is 40.3 Å². The molecule has 1 amide bonds. The molecule has 2 heterocycles. The first-order valence-corrected chi connectivity index (χ1v) is 12.5. The normalized spacial score (nSPS) is 21.9. The van der Waals surface area contributed by atoms with Crippen LogP contribution in [0, 0.1) is 5.41 Å². The zero-order valence-electron chi connectivity index (χ0n) is 20.7. The number of hydrogen-bond acceptors (Lipinski definition) is 9. The van der Waals surface area contributed by atoms with Crippen LogP contribution in [-0.4, -0.2) is 62.3 Å². The van der Waals surface area contributed by atoms with Crippen molar-refractivity contribution in [2.75, 3.05) is 27.4 Å². The Labute approximate surface area is 203 Å². The molecule has 2 rings (SSSR count). The predicted molar refractivity (Wildman–Crippen MR) is 129 cm³/mol. The summed E-state index contributed by atoms with van der Waals surface area (Å²) < 4.78 is 32.3. The fourth-order valence-electron chi connectivity index (χ4n) is 2.86. The minimum absolute atomic E-state index is 0. The number of rotatable bonds is 9. The summed E-state index contributed by atoms with van der Waals surface area (Å²) in [4.78, 5) is 39.1. The lowest BCUT2D eigenvalue weighted by molar-refractivity contribution is -0.142. The van der Waals surface area contributed by atoms with Gasteiger partial charge < -0.3 is 14.8 Å². The molecule has 1 unspecified atom stereocenters. The number of pyridine rings is 1. The molecule has 3 atom stereocenters. The van der Waals surface area contributed by atoms with E-state index in [1.807, 2.05) is 18.3 Å². The molecule has 0 radical (unpaired) electrons. The largest absolute Gasteiger partial charge is 0.469 e. The van der Waals surface area contributed by atoms with Crippen LogP contribution in [0.5, 0.6) is 0 Å². The molecule has 11 nitrogen and oxygen atoms in total. The van der Waals surface area contributed by atoms with Crippen molar-refractivity contribution >= 4 is 25.6 Å². The Hall–Kier alpha value is -2.33. The number of esters is 2. The highest BCUT2D eigenvalue weighted by Crippen LogP contribution is 2.53. The lowest BCUT2D eigenvalue weighted by Gasteiger charge is -2.40. The number of amides is 1. The topological polar surface area (TPSA) is 142 Å². The van der Waals surface area contributed by atoms with Gasteiger partial charge in [0.2, 0.25) is 5.91 Å². The zero-order chi connectivity index (χ0) is 25.8. The van der Waals surface area contributed by atoms with Gasteiger partial charge in [0.15, 0.2) is 6.10 Å². The summed E-state index contributed by atoms with van der Waals surface area (Å²) >= 11 is 0. The third-order valence-electron chi connectivity index (χ3n) is 4.79. The summed E-state index contributed by atoms with van der Waals surface area (Å²) in [6, 6.07) is 5.08. The molecule has 0 spiro atoms. The molecule has 0 saturated carbocycles. The highest BCUT2D eigenvalue weighted by atomic mass is 31.2. The van der Waals surface area contributed by atoms with E-state index in [4.69, 9.17) is 9.05 Å². The summed E-state index contributed by atoms with van der Waals surface area (Å²) in [5.41, 5.74) is 0.430. The predicted octanol–water partition coefficient (Wildman–Crippen LogP) is 2.89. The van der Waals surface area contributed by atoms with Crippen LogP contribution in [0.4, 0.5) is 0 Å². The molecule has 1 aliphatic heterocycles. The van der Waals surface area contributed by atoms with Crippen molar-refractivity contribution in [1.29, 1.82) is 0 Å². The smallest absolute Gasteiger partial charge is 0.407 e. The van der Waals surface area contributed by atoms with Gasteiger partial charge in [-0.25, -0.2) is 9.65 Å². The highest BCUT2D eigenvalue weighted by Gasteiger charge is 2.48. The SMILES string of the molecule is CCCc1ccccn1.COC(=O)CCNC(=O)[C@@H]1OP(=O)(N[C@@H](C)C(=O)OC)OCC1(C)C.[HH].[HH]. The van der Waals surface area contributed by atoms with Gasteiger partial charge in [-0.3, -0.25) is 28.4 Å². The fraction of sp³-hybridized carbons (Fsp3) is 0.636. The van der Waals surface area contributed by atoms with Gasteiger partial charge in [-0.05, 0) is 25.5 Å². The first kappa shape index (κ1) is 29.7. The second kappa shape index (κ2) is 14.2. The van der Waals surface area contributed by atoms with E-state index in [1.54, 1.807) is 13.8 Å². The van der Waals surface area contributed by atoms with Crippen LogP contribution in [0.2, 0.25) is 0 Å². The average molecular weight is 506 g/mol. The maximum Gasteiger partial charge on any atom is 0.407 e. The molecule has 196 valence electrons. The summed E-state index contributed by atoms with van der Waals surface area (Å²) in [6.07, 6.45) is 3.02. The highest BCUT2D eigenvalue weighted by molar-refractivity contribution is 7.51.